The first kappa shape index (κ1) is 17.0. The Morgan fingerprint density at radius 1 is 1.43 bits per heavy atom. The molecule has 0 amide bonds. The number of ether oxygens (including phenoxy) is 3. The summed E-state index contributed by atoms with van der Waals surface area (Å²) < 4.78 is 19.0. The highest BCUT2D eigenvalue weighted by Gasteiger charge is 2.50. The summed E-state index contributed by atoms with van der Waals surface area (Å²) in [5.74, 6) is 0.978. The van der Waals surface area contributed by atoms with Crippen LogP contribution in [0, 0.1) is 0 Å². The summed E-state index contributed by atoms with van der Waals surface area (Å²) in [6.45, 7) is 6.10. The molecule has 0 radical (unpaired) electrons. The van der Waals surface area contributed by atoms with E-state index in [1.807, 2.05) is 12.1 Å². The molecule has 2 atom stereocenters. The molecule has 0 bridgehead atoms. The van der Waals surface area contributed by atoms with Crippen LogP contribution >= 0.6 is 15.9 Å². The van der Waals surface area contributed by atoms with Crippen LogP contribution in [0.4, 0.5) is 0 Å². The summed E-state index contributed by atoms with van der Waals surface area (Å²) in [6.07, 6.45) is 7.00. The number of rotatable bonds is 5. The van der Waals surface area contributed by atoms with Gasteiger partial charge < -0.3 is 14.2 Å². The van der Waals surface area contributed by atoms with Crippen LogP contribution < -0.4 is 4.74 Å². The highest BCUT2D eigenvalue weighted by atomic mass is 79.9. The van der Waals surface area contributed by atoms with Crippen molar-refractivity contribution in [2.45, 2.75) is 43.1 Å². The summed E-state index contributed by atoms with van der Waals surface area (Å²) in [5.41, 5.74) is 0.964. The van der Waals surface area contributed by atoms with Crippen LogP contribution in [0.5, 0.6) is 5.75 Å². The minimum absolute atomic E-state index is 0.0546. The third-order valence-corrected chi connectivity index (χ3v) is 5.53. The molecule has 126 valence electrons. The summed E-state index contributed by atoms with van der Waals surface area (Å²) in [7, 11) is 1.78. The van der Waals surface area contributed by atoms with E-state index in [1.54, 1.807) is 7.11 Å². The first-order valence-corrected chi connectivity index (χ1v) is 9.09. The van der Waals surface area contributed by atoms with Gasteiger partial charge in [-0.15, -0.1) is 6.58 Å². The second kappa shape index (κ2) is 6.96. The van der Waals surface area contributed by atoms with Gasteiger partial charge in [0.05, 0.1) is 13.2 Å². The first-order valence-electron chi connectivity index (χ1n) is 8.30. The molecule has 2 heterocycles. The third kappa shape index (κ3) is 3.35. The molecular weight excluding hydrogens is 356 g/mol. The Labute approximate surface area is 147 Å². The number of hydrogen-bond donors (Lipinski definition) is 0. The molecule has 3 nitrogen and oxygen atoms in total. The SMILES string of the molecule is C=CCCC1(COC)CC2(CCCOC2)Oc2ccc(Br)cc21. The predicted molar refractivity (Wildman–Crippen MR) is 95.2 cm³/mol. The lowest BCUT2D eigenvalue weighted by Gasteiger charge is -2.50. The van der Waals surface area contributed by atoms with E-state index < -0.39 is 0 Å². The Morgan fingerprint density at radius 3 is 3.00 bits per heavy atom. The largest absolute Gasteiger partial charge is 0.485 e. The Hall–Kier alpha value is -0.840. The van der Waals surface area contributed by atoms with Crippen LogP contribution in [-0.2, 0) is 14.9 Å². The minimum atomic E-state index is -0.223. The molecular formula is C19H25BrO3. The van der Waals surface area contributed by atoms with Crippen molar-refractivity contribution in [3.05, 3.63) is 40.9 Å². The molecule has 1 aromatic rings. The van der Waals surface area contributed by atoms with Crippen LogP contribution in [0.15, 0.2) is 35.3 Å². The summed E-state index contributed by atoms with van der Waals surface area (Å²) in [5, 5.41) is 0. The Balaban J connectivity index is 2.06. The van der Waals surface area contributed by atoms with E-state index in [4.69, 9.17) is 14.2 Å². The lowest BCUT2D eigenvalue weighted by Crippen LogP contribution is -2.54. The second-order valence-electron chi connectivity index (χ2n) is 6.80. The van der Waals surface area contributed by atoms with Gasteiger partial charge in [-0.3, -0.25) is 0 Å². The maximum atomic E-state index is 6.47. The molecule has 0 aliphatic carbocycles. The van der Waals surface area contributed by atoms with Gasteiger partial charge in [-0.2, -0.15) is 0 Å². The first-order chi connectivity index (χ1) is 11.1. The summed E-state index contributed by atoms with van der Waals surface area (Å²) in [4.78, 5) is 0. The molecule has 0 saturated carbocycles. The molecule has 0 N–H and O–H groups in total. The fourth-order valence-electron chi connectivity index (χ4n) is 4.11. The third-order valence-electron chi connectivity index (χ3n) is 5.03. The predicted octanol–water partition coefficient (Wildman–Crippen LogP) is 4.63. The van der Waals surface area contributed by atoms with Crippen molar-refractivity contribution in [3.63, 3.8) is 0 Å². The van der Waals surface area contributed by atoms with E-state index in [9.17, 15) is 0 Å². The smallest absolute Gasteiger partial charge is 0.133 e. The molecule has 2 aliphatic rings. The quantitative estimate of drug-likeness (QED) is 0.696. The van der Waals surface area contributed by atoms with Crippen molar-refractivity contribution in [3.8, 4) is 5.75 Å². The number of benzene rings is 1. The fraction of sp³-hybridized carbons (Fsp3) is 0.579. The molecule has 23 heavy (non-hydrogen) atoms. The zero-order valence-electron chi connectivity index (χ0n) is 13.8. The molecule has 0 aromatic heterocycles. The van der Waals surface area contributed by atoms with Crippen molar-refractivity contribution in [1.82, 2.24) is 0 Å². The zero-order chi connectivity index (χ0) is 16.3. The van der Waals surface area contributed by atoms with Crippen LogP contribution in [0.2, 0.25) is 0 Å². The van der Waals surface area contributed by atoms with Crippen molar-refractivity contribution >= 4 is 15.9 Å². The number of hydrogen-bond acceptors (Lipinski definition) is 3. The van der Waals surface area contributed by atoms with Crippen molar-refractivity contribution in [1.29, 1.82) is 0 Å². The number of halogens is 1. The Bertz CT molecular complexity index is 566. The van der Waals surface area contributed by atoms with E-state index in [2.05, 4.69) is 34.6 Å². The summed E-state index contributed by atoms with van der Waals surface area (Å²) >= 11 is 3.61. The van der Waals surface area contributed by atoms with Gasteiger partial charge in [-0.1, -0.05) is 22.0 Å². The lowest BCUT2D eigenvalue weighted by molar-refractivity contribution is -0.102. The van der Waals surface area contributed by atoms with Gasteiger partial charge in [0.2, 0.25) is 0 Å². The highest BCUT2D eigenvalue weighted by molar-refractivity contribution is 9.10. The Morgan fingerprint density at radius 2 is 2.30 bits per heavy atom. The van der Waals surface area contributed by atoms with Crippen molar-refractivity contribution in [2.75, 3.05) is 26.9 Å². The zero-order valence-corrected chi connectivity index (χ0v) is 15.4. The normalized spacial score (nSPS) is 29.8. The summed E-state index contributed by atoms with van der Waals surface area (Å²) in [6, 6.07) is 6.31. The molecule has 4 heteroatoms. The average molecular weight is 381 g/mol. The maximum absolute atomic E-state index is 6.47. The number of allylic oxidation sites excluding steroid dienone is 1. The van der Waals surface area contributed by atoms with E-state index >= 15 is 0 Å². The lowest BCUT2D eigenvalue weighted by atomic mass is 9.66. The molecule has 2 unspecified atom stereocenters. The van der Waals surface area contributed by atoms with E-state index in [0.717, 1.165) is 48.9 Å². The molecule has 1 aromatic carbocycles. The molecule has 1 spiro atoms. The number of fused-ring (bicyclic) bond motifs is 1. The molecule has 2 aliphatic heterocycles. The van der Waals surface area contributed by atoms with Crippen molar-refractivity contribution in [2.24, 2.45) is 0 Å². The molecule has 1 saturated heterocycles. The van der Waals surface area contributed by atoms with Crippen LogP contribution in [0.25, 0.3) is 0 Å². The number of methoxy groups -OCH3 is 1. The van der Waals surface area contributed by atoms with E-state index in [1.165, 1.54) is 5.56 Å². The van der Waals surface area contributed by atoms with Gasteiger partial charge in [-0.25, -0.2) is 0 Å². The van der Waals surface area contributed by atoms with Gasteiger partial charge in [0.1, 0.15) is 11.4 Å². The molecule has 3 rings (SSSR count). The second-order valence-corrected chi connectivity index (χ2v) is 7.71. The van der Waals surface area contributed by atoms with E-state index in [0.29, 0.717) is 13.2 Å². The molecule has 1 fully saturated rings. The van der Waals surface area contributed by atoms with Crippen molar-refractivity contribution < 1.29 is 14.2 Å². The van der Waals surface area contributed by atoms with Gasteiger partial charge in [0.25, 0.3) is 0 Å². The van der Waals surface area contributed by atoms with Gasteiger partial charge in [0.15, 0.2) is 0 Å². The van der Waals surface area contributed by atoms with E-state index in [-0.39, 0.29) is 11.0 Å². The van der Waals surface area contributed by atoms with Crippen LogP contribution in [-0.4, -0.2) is 32.5 Å². The fourth-order valence-corrected chi connectivity index (χ4v) is 4.47. The maximum Gasteiger partial charge on any atom is 0.133 e. The average Bonchev–Trinajstić information content (AvgIpc) is 2.55. The highest BCUT2D eigenvalue weighted by Crippen LogP contribution is 2.50. The standard InChI is InChI=1S/C19H25BrO3/c1-3-4-8-18(13-21-2)12-19(9-5-10-22-14-19)23-17-7-6-15(20)11-16(17)18/h3,6-7,11H,1,4-5,8-10,12-14H2,2H3. The van der Waals surface area contributed by atoms with Gasteiger partial charge in [-0.05, 0) is 43.9 Å². The van der Waals surface area contributed by atoms with Crippen LogP contribution in [0.3, 0.4) is 0 Å². The van der Waals surface area contributed by atoms with Crippen LogP contribution in [0.1, 0.15) is 37.7 Å². The minimum Gasteiger partial charge on any atom is -0.485 e. The topological polar surface area (TPSA) is 27.7 Å². The van der Waals surface area contributed by atoms with Gasteiger partial charge >= 0.3 is 0 Å². The Kier molecular flexibility index (Phi) is 5.14. The van der Waals surface area contributed by atoms with Gasteiger partial charge in [0, 0.05) is 35.6 Å². The monoisotopic (exact) mass is 380 g/mol.